The molecule has 0 spiro atoms. The minimum atomic E-state index is -0.246. The summed E-state index contributed by atoms with van der Waals surface area (Å²) in [6.07, 6.45) is 0.871. The lowest BCUT2D eigenvalue weighted by Gasteiger charge is -2.16. The molecule has 0 saturated carbocycles. The van der Waals surface area contributed by atoms with E-state index in [9.17, 15) is 9.59 Å². The molecule has 1 aromatic rings. The van der Waals surface area contributed by atoms with E-state index in [4.69, 9.17) is 23.2 Å². The van der Waals surface area contributed by atoms with Gasteiger partial charge in [-0.2, -0.15) is 0 Å². The van der Waals surface area contributed by atoms with Crippen LogP contribution in [-0.2, 0) is 9.59 Å². The Balaban J connectivity index is 2.49. The number of anilines is 1. The molecule has 0 aliphatic heterocycles. The van der Waals surface area contributed by atoms with Gasteiger partial charge in [0.25, 0.3) is 11.8 Å². The van der Waals surface area contributed by atoms with Crippen LogP contribution >= 0.6 is 23.2 Å². The maximum Gasteiger partial charge on any atom is 0.279 e. The fourth-order valence-corrected chi connectivity index (χ4v) is 2.33. The fraction of sp³-hybridized carbons (Fsp3) is 0.467. The van der Waals surface area contributed by atoms with E-state index in [0.717, 1.165) is 11.3 Å². The molecule has 2 atom stereocenters. The van der Waals surface area contributed by atoms with Gasteiger partial charge in [-0.05, 0) is 25.5 Å². The molecule has 0 heterocycles. The van der Waals surface area contributed by atoms with Crippen LogP contribution in [0.3, 0.4) is 0 Å². The first-order chi connectivity index (χ1) is 10.3. The summed E-state index contributed by atoms with van der Waals surface area (Å²) in [5, 5.41) is 6.31. The van der Waals surface area contributed by atoms with E-state index in [1.807, 2.05) is 13.8 Å². The molecule has 1 rings (SSSR count). The van der Waals surface area contributed by atoms with Gasteiger partial charge in [0, 0.05) is 6.04 Å². The molecule has 0 fully saturated rings. The van der Waals surface area contributed by atoms with Crippen LogP contribution in [-0.4, -0.2) is 38.0 Å². The third-order valence-electron chi connectivity index (χ3n) is 3.17. The Morgan fingerprint density at radius 3 is 2.27 bits per heavy atom. The molecule has 1 aromatic carbocycles. The Morgan fingerprint density at radius 1 is 1.18 bits per heavy atom. The molecule has 0 saturated heterocycles. The summed E-state index contributed by atoms with van der Waals surface area (Å²) in [5.74, 6) is -0.320. The molecule has 7 heteroatoms. The van der Waals surface area contributed by atoms with Crippen LogP contribution in [0, 0.1) is 0 Å². The van der Waals surface area contributed by atoms with Crippen LogP contribution in [0.15, 0.2) is 18.2 Å². The summed E-state index contributed by atoms with van der Waals surface area (Å²) < 4.78 is 0. The number of nitrogens with one attached hydrogen (secondary N) is 3. The van der Waals surface area contributed by atoms with Crippen molar-refractivity contribution in [1.29, 1.82) is 0 Å². The lowest BCUT2D eigenvalue weighted by molar-refractivity contribution is -0.862. The quantitative estimate of drug-likeness (QED) is 0.698. The molecule has 5 nitrogen and oxygen atoms in total. The minimum absolute atomic E-state index is 0.0737. The Kier molecular flexibility index (Phi) is 7.65. The highest BCUT2D eigenvalue weighted by Gasteiger charge is 2.17. The topological polar surface area (TPSA) is 62.6 Å². The van der Waals surface area contributed by atoms with Crippen molar-refractivity contribution in [3.63, 3.8) is 0 Å². The van der Waals surface area contributed by atoms with Gasteiger partial charge in [-0.25, -0.2) is 0 Å². The van der Waals surface area contributed by atoms with Crippen molar-refractivity contribution in [2.45, 2.75) is 26.3 Å². The predicted molar refractivity (Wildman–Crippen MR) is 89.6 cm³/mol. The monoisotopic (exact) mass is 346 g/mol. The molecule has 0 bridgehead atoms. The van der Waals surface area contributed by atoms with Crippen LogP contribution in [0.1, 0.15) is 20.3 Å². The van der Waals surface area contributed by atoms with Crippen molar-refractivity contribution in [2.24, 2.45) is 0 Å². The van der Waals surface area contributed by atoms with Crippen molar-refractivity contribution in [3.05, 3.63) is 28.2 Å². The highest BCUT2D eigenvalue weighted by molar-refractivity contribution is 6.39. The van der Waals surface area contributed by atoms with Crippen LogP contribution in [0.5, 0.6) is 0 Å². The standard InChI is InChI=1S/C15H21Cl2N3O2/c1-4-10(2)18-13(21)8-20(3)9-14(22)19-15-11(16)6-5-7-12(15)17/h5-7,10H,4,8-9H2,1-3H3,(H,18,21)(H,19,22)/p+1/t10-/m1/s1. The Bertz CT molecular complexity index is 517. The van der Waals surface area contributed by atoms with Gasteiger partial charge >= 0.3 is 0 Å². The summed E-state index contributed by atoms with van der Waals surface area (Å²) in [5.41, 5.74) is 0.396. The highest BCUT2D eigenvalue weighted by atomic mass is 35.5. The van der Waals surface area contributed by atoms with E-state index in [-0.39, 0.29) is 30.9 Å². The van der Waals surface area contributed by atoms with Gasteiger partial charge in [-0.1, -0.05) is 36.2 Å². The Morgan fingerprint density at radius 2 is 1.73 bits per heavy atom. The number of benzene rings is 1. The zero-order valence-corrected chi connectivity index (χ0v) is 14.5. The van der Waals surface area contributed by atoms with Crippen LogP contribution in [0.2, 0.25) is 10.0 Å². The normalized spacial score (nSPS) is 13.3. The van der Waals surface area contributed by atoms with Gasteiger partial charge in [0.1, 0.15) is 0 Å². The summed E-state index contributed by atoms with van der Waals surface area (Å²) in [6, 6.07) is 5.14. The Labute approximate surface area is 141 Å². The molecule has 0 radical (unpaired) electrons. The second kappa shape index (κ2) is 8.98. The lowest BCUT2D eigenvalue weighted by Crippen LogP contribution is -3.11. The average molecular weight is 347 g/mol. The molecule has 1 unspecified atom stereocenters. The molecule has 22 heavy (non-hydrogen) atoms. The van der Waals surface area contributed by atoms with Gasteiger partial charge in [-0.3, -0.25) is 9.59 Å². The number of hydrogen-bond acceptors (Lipinski definition) is 2. The predicted octanol–water partition coefficient (Wildman–Crippen LogP) is 1.36. The van der Waals surface area contributed by atoms with Gasteiger partial charge in [0.15, 0.2) is 13.1 Å². The second-order valence-corrected chi connectivity index (χ2v) is 6.15. The first kappa shape index (κ1) is 18.7. The number of carbonyl (C=O) groups is 2. The molecule has 0 aromatic heterocycles. The van der Waals surface area contributed by atoms with E-state index in [1.54, 1.807) is 25.2 Å². The van der Waals surface area contributed by atoms with Gasteiger partial charge in [0.05, 0.1) is 22.8 Å². The molecular formula is C15H22Cl2N3O2+. The zero-order valence-electron chi connectivity index (χ0n) is 13.0. The third-order valence-corrected chi connectivity index (χ3v) is 3.80. The number of halogens is 2. The van der Waals surface area contributed by atoms with Crippen molar-refractivity contribution in [3.8, 4) is 0 Å². The number of para-hydroxylation sites is 1. The SMILES string of the molecule is CC[C@@H](C)NC(=O)C[NH+](C)CC(=O)Nc1c(Cl)cccc1Cl. The van der Waals surface area contributed by atoms with Crippen LogP contribution < -0.4 is 15.5 Å². The molecule has 122 valence electrons. The van der Waals surface area contributed by atoms with E-state index in [0.29, 0.717) is 15.7 Å². The maximum absolute atomic E-state index is 12.0. The first-order valence-electron chi connectivity index (χ1n) is 7.18. The first-order valence-corrected chi connectivity index (χ1v) is 7.93. The van der Waals surface area contributed by atoms with E-state index >= 15 is 0 Å². The minimum Gasteiger partial charge on any atom is -0.349 e. The fourth-order valence-electron chi connectivity index (χ4n) is 1.84. The third kappa shape index (κ3) is 6.22. The van der Waals surface area contributed by atoms with E-state index in [1.165, 1.54) is 0 Å². The highest BCUT2D eigenvalue weighted by Crippen LogP contribution is 2.29. The summed E-state index contributed by atoms with van der Waals surface area (Å²) in [6.45, 7) is 4.32. The van der Waals surface area contributed by atoms with Crippen molar-refractivity contribution in [1.82, 2.24) is 5.32 Å². The smallest absolute Gasteiger partial charge is 0.279 e. The largest absolute Gasteiger partial charge is 0.349 e. The number of hydrogen-bond donors (Lipinski definition) is 3. The number of quaternary nitrogens is 1. The lowest BCUT2D eigenvalue weighted by atomic mass is 10.2. The average Bonchev–Trinajstić information content (AvgIpc) is 2.42. The maximum atomic E-state index is 12.0. The molecule has 3 N–H and O–H groups in total. The summed E-state index contributed by atoms with van der Waals surface area (Å²) >= 11 is 12.0. The van der Waals surface area contributed by atoms with Gasteiger partial charge < -0.3 is 15.5 Å². The van der Waals surface area contributed by atoms with Crippen LogP contribution in [0.4, 0.5) is 5.69 Å². The van der Waals surface area contributed by atoms with Crippen molar-refractivity contribution in [2.75, 3.05) is 25.5 Å². The summed E-state index contributed by atoms with van der Waals surface area (Å²) in [7, 11) is 1.78. The van der Waals surface area contributed by atoms with Gasteiger partial charge in [-0.15, -0.1) is 0 Å². The zero-order chi connectivity index (χ0) is 16.7. The van der Waals surface area contributed by atoms with Crippen LogP contribution in [0.25, 0.3) is 0 Å². The van der Waals surface area contributed by atoms with E-state index < -0.39 is 0 Å². The van der Waals surface area contributed by atoms with Gasteiger partial charge in [0.2, 0.25) is 0 Å². The number of carbonyl (C=O) groups excluding carboxylic acids is 2. The number of likely N-dealkylation sites (N-methyl/N-ethyl adjacent to an activating group) is 1. The Hall–Kier alpha value is -1.30. The molecular weight excluding hydrogens is 325 g/mol. The molecule has 0 aliphatic carbocycles. The number of rotatable bonds is 7. The molecule has 0 aliphatic rings. The van der Waals surface area contributed by atoms with Crippen molar-refractivity contribution >= 4 is 40.7 Å². The van der Waals surface area contributed by atoms with E-state index in [2.05, 4.69) is 10.6 Å². The number of amides is 2. The van der Waals surface area contributed by atoms with Crippen molar-refractivity contribution < 1.29 is 14.5 Å². The molecule has 2 amide bonds. The second-order valence-electron chi connectivity index (χ2n) is 5.33. The summed E-state index contributed by atoms with van der Waals surface area (Å²) in [4.78, 5) is 24.6.